The van der Waals surface area contributed by atoms with Crippen molar-refractivity contribution in [3.8, 4) is 0 Å². The molecule has 0 aliphatic carbocycles. The lowest BCUT2D eigenvalue weighted by molar-refractivity contribution is 0.1000. The number of hydrogen-bond donors (Lipinski definition) is 2. The summed E-state index contributed by atoms with van der Waals surface area (Å²) in [6.07, 6.45) is 0. The molecule has 7 heteroatoms. The zero-order valence-corrected chi connectivity index (χ0v) is 16.8. The number of primary amides is 1. The second kappa shape index (κ2) is 9.46. The van der Waals surface area contributed by atoms with Crippen LogP contribution >= 0.6 is 11.6 Å². The minimum absolute atomic E-state index is 0.421. The molecule has 1 fully saturated rings. The molecule has 0 aromatic heterocycles. The van der Waals surface area contributed by atoms with E-state index in [0.29, 0.717) is 12.1 Å². The Kier molecular flexibility index (Phi) is 6.76. The van der Waals surface area contributed by atoms with Crippen LogP contribution in [0.2, 0.25) is 5.02 Å². The first-order valence-electron chi connectivity index (χ1n) is 9.49. The second-order valence-corrected chi connectivity index (χ2v) is 7.13. The number of carbonyl (C=O) groups is 1. The van der Waals surface area contributed by atoms with E-state index in [1.807, 2.05) is 30.3 Å². The number of guanidine groups is 1. The lowest BCUT2D eigenvalue weighted by Crippen LogP contribution is -2.52. The molecule has 1 heterocycles. The van der Waals surface area contributed by atoms with Gasteiger partial charge in [-0.25, -0.2) is 4.99 Å². The summed E-state index contributed by atoms with van der Waals surface area (Å²) in [5, 5.41) is 4.13. The highest BCUT2D eigenvalue weighted by atomic mass is 35.5. The molecule has 0 bridgehead atoms. The van der Waals surface area contributed by atoms with Gasteiger partial charge < -0.3 is 20.9 Å². The minimum atomic E-state index is -0.421. The maximum Gasteiger partial charge on any atom is 0.248 e. The number of nitrogens with one attached hydrogen (secondary N) is 1. The highest BCUT2D eigenvalue weighted by Crippen LogP contribution is 2.20. The Bertz CT molecular complexity index is 846. The first-order chi connectivity index (χ1) is 13.6. The molecule has 0 saturated carbocycles. The molecular weight excluding hydrogens is 374 g/mol. The van der Waals surface area contributed by atoms with E-state index >= 15 is 0 Å². The Balaban J connectivity index is 1.65. The van der Waals surface area contributed by atoms with Crippen LogP contribution in [0.25, 0.3) is 0 Å². The third kappa shape index (κ3) is 5.16. The zero-order valence-electron chi connectivity index (χ0n) is 16.1. The number of aliphatic imine (C=N–C) groups is 1. The summed E-state index contributed by atoms with van der Waals surface area (Å²) < 4.78 is 0. The number of anilines is 1. The van der Waals surface area contributed by atoms with Gasteiger partial charge in [-0.1, -0.05) is 29.8 Å². The van der Waals surface area contributed by atoms with Gasteiger partial charge >= 0.3 is 0 Å². The SMILES string of the molecule is CCNC(=NCc1cccc(C(N)=O)c1)N1CCN(c2cccc(Cl)c2)CC1. The van der Waals surface area contributed by atoms with Gasteiger partial charge in [-0.2, -0.15) is 0 Å². The van der Waals surface area contributed by atoms with Crippen molar-refractivity contribution in [3.63, 3.8) is 0 Å². The summed E-state index contributed by atoms with van der Waals surface area (Å²) in [5.74, 6) is 0.465. The molecular formula is C21H26ClN5O. The number of carbonyl (C=O) groups excluding carboxylic acids is 1. The Morgan fingerprint density at radius 2 is 1.89 bits per heavy atom. The maximum atomic E-state index is 11.4. The van der Waals surface area contributed by atoms with Crippen LogP contribution < -0.4 is 16.0 Å². The van der Waals surface area contributed by atoms with Crippen molar-refractivity contribution in [1.82, 2.24) is 10.2 Å². The lowest BCUT2D eigenvalue weighted by Gasteiger charge is -2.37. The lowest BCUT2D eigenvalue weighted by atomic mass is 10.1. The summed E-state index contributed by atoms with van der Waals surface area (Å²) in [6, 6.07) is 15.3. The van der Waals surface area contributed by atoms with E-state index < -0.39 is 5.91 Å². The zero-order chi connectivity index (χ0) is 19.9. The number of piperazine rings is 1. The van der Waals surface area contributed by atoms with Crippen molar-refractivity contribution in [2.75, 3.05) is 37.6 Å². The molecule has 3 rings (SSSR count). The second-order valence-electron chi connectivity index (χ2n) is 6.69. The van der Waals surface area contributed by atoms with Gasteiger partial charge in [0.15, 0.2) is 5.96 Å². The predicted octanol–water partition coefficient (Wildman–Crippen LogP) is 2.73. The van der Waals surface area contributed by atoms with Crippen LogP contribution in [-0.2, 0) is 6.54 Å². The van der Waals surface area contributed by atoms with Crippen molar-refractivity contribution < 1.29 is 4.79 Å². The summed E-state index contributed by atoms with van der Waals surface area (Å²) in [7, 11) is 0. The number of benzene rings is 2. The molecule has 2 aromatic carbocycles. The molecule has 148 valence electrons. The summed E-state index contributed by atoms with van der Waals surface area (Å²) in [5.41, 5.74) is 7.99. The van der Waals surface area contributed by atoms with E-state index in [1.165, 1.54) is 0 Å². The fraction of sp³-hybridized carbons (Fsp3) is 0.333. The molecule has 28 heavy (non-hydrogen) atoms. The van der Waals surface area contributed by atoms with E-state index in [2.05, 4.69) is 28.1 Å². The van der Waals surface area contributed by atoms with Gasteiger partial charge in [-0.3, -0.25) is 4.79 Å². The topological polar surface area (TPSA) is 74.0 Å². The van der Waals surface area contributed by atoms with E-state index in [9.17, 15) is 4.79 Å². The van der Waals surface area contributed by atoms with Crippen molar-refractivity contribution in [2.45, 2.75) is 13.5 Å². The van der Waals surface area contributed by atoms with Crippen LogP contribution in [0.3, 0.4) is 0 Å². The van der Waals surface area contributed by atoms with E-state index in [0.717, 1.165) is 55.0 Å². The van der Waals surface area contributed by atoms with Crippen LogP contribution in [0.15, 0.2) is 53.5 Å². The van der Waals surface area contributed by atoms with E-state index in [1.54, 1.807) is 12.1 Å². The predicted molar refractivity (Wildman–Crippen MR) is 115 cm³/mol. The quantitative estimate of drug-likeness (QED) is 0.599. The molecule has 1 aliphatic heterocycles. The van der Waals surface area contributed by atoms with Gasteiger partial charge in [0.25, 0.3) is 0 Å². The number of nitrogens with two attached hydrogens (primary N) is 1. The molecule has 0 atom stereocenters. The number of rotatable bonds is 5. The Hall–Kier alpha value is -2.73. The van der Waals surface area contributed by atoms with Crippen LogP contribution in [0.1, 0.15) is 22.8 Å². The standard InChI is InChI=1S/C21H26ClN5O/c1-2-24-21(25-15-16-5-3-6-17(13-16)20(23)28)27-11-9-26(10-12-27)19-8-4-7-18(22)14-19/h3-8,13-14H,2,9-12,15H2,1H3,(H2,23,28)(H,24,25). The Labute approximate surface area is 171 Å². The molecule has 0 unspecified atom stereocenters. The molecule has 1 amide bonds. The molecule has 2 aromatic rings. The largest absolute Gasteiger partial charge is 0.368 e. The summed E-state index contributed by atoms with van der Waals surface area (Å²) in [4.78, 5) is 20.7. The van der Waals surface area contributed by atoms with Crippen LogP contribution in [0.4, 0.5) is 5.69 Å². The van der Waals surface area contributed by atoms with E-state index in [4.69, 9.17) is 22.3 Å². The molecule has 6 nitrogen and oxygen atoms in total. The molecule has 3 N–H and O–H groups in total. The third-order valence-corrected chi connectivity index (χ3v) is 4.95. The molecule has 1 aliphatic rings. The minimum Gasteiger partial charge on any atom is -0.368 e. The van der Waals surface area contributed by atoms with Crippen molar-refractivity contribution >= 4 is 29.2 Å². The highest BCUT2D eigenvalue weighted by Gasteiger charge is 2.20. The van der Waals surface area contributed by atoms with Gasteiger partial charge in [0.2, 0.25) is 5.91 Å². The van der Waals surface area contributed by atoms with Gasteiger partial charge in [-0.05, 0) is 42.8 Å². The van der Waals surface area contributed by atoms with Crippen molar-refractivity contribution in [3.05, 3.63) is 64.7 Å². The smallest absolute Gasteiger partial charge is 0.248 e. The van der Waals surface area contributed by atoms with Gasteiger partial charge in [-0.15, -0.1) is 0 Å². The van der Waals surface area contributed by atoms with E-state index in [-0.39, 0.29) is 0 Å². The monoisotopic (exact) mass is 399 g/mol. The summed E-state index contributed by atoms with van der Waals surface area (Å²) >= 11 is 6.12. The van der Waals surface area contributed by atoms with Gasteiger partial charge in [0.1, 0.15) is 0 Å². The van der Waals surface area contributed by atoms with Crippen molar-refractivity contribution in [2.24, 2.45) is 10.7 Å². The summed E-state index contributed by atoms with van der Waals surface area (Å²) in [6.45, 7) is 6.92. The van der Waals surface area contributed by atoms with Crippen LogP contribution in [0.5, 0.6) is 0 Å². The maximum absolute atomic E-state index is 11.4. The molecule has 0 spiro atoms. The third-order valence-electron chi connectivity index (χ3n) is 4.71. The number of halogens is 1. The Morgan fingerprint density at radius 1 is 1.14 bits per heavy atom. The Morgan fingerprint density at radius 3 is 2.57 bits per heavy atom. The fourth-order valence-electron chi connectivity index (χ4n) is 3.26. The van der Waals surface area contributed by atoms with Crippen LogP contribution in [-0.4, -0.2) is 49.5 Å². The number of amides is 1. The first kappa shape index (κ1) is 20.0. The fourth-order valence-corrected chi connectivity index (χ4v) is 3.45. The van der Waals surface area contributed by atoms with Gasteiger partial charge in [0, 0.05) is 49.0 Å². The average Bonchev–Trinajstić information content (AvgIpc) is 2.71. The van der Waals surface area contributed by atoms with Crippen molar-refractivity contribution in [1.29, 1.82) is 0 Å². The average molecular weight is 400 g/mol. The molecule has 1 saturated heterocycles. The first-order valence-corrected chi connectivity index (χ1v) is 9.87. The number of nitrogens with zero attached hydrogens (tertiary/aromatic N) is 3. The van der Waals surface area contributed by atoms with Crippen LogP contribution in [0, 0.1) is 0 Å². The highest BCUT2D eigenvalue weighted by molar-refractivity contribution is 6.30. The van der Waals surface area contributed by atoms with Gasteiger partial charge in [0.05, 0.1) is 6.54 Å². The molecule has 0 radical (unpaired) electrons. The normalized spacial score (nSPS) is 14.9. The number of hydrogen-bond acceptors (Lipinski definition) is 3.